The summed E-state index contributed by atoms with van der Waals surface area (Å²) in [4.78, 5) is 28.0. The number of nitrogens with two attached hydrogens (primary N) is 1. The number of thioether (sulfide) groups is 1. The van der Waals surface area contributed by atoms with Gasteiger partial charge in [-0.1, -0.05) is 30.3 Å². The molecule has 1 aliphatic heterocycles. The molecule has 7 heteroatoms. The standard InChI is InChI=1S/C20H24N4O2S/c21-19(25)15-27-18-9-5-4-8-17(18)22-20(26)14-23-10-12-24(13-11-23)16-6-2-1-3-7-16/h1-9H,10-15H2,(H2,21,25)(H,22,26)/p+1. The minimum Gasteiger partial charge on any atom is -0.369 e. The van der Waals surface area contributed by atoms with Crippen LogP contribution in [0.1, 0.15) is 0 Å². The van der Waals surface area contributed by atoms with Crippen molar-refractivity contribution in [3.63, 3.8) is 0 Å². The van der Waals surface area contributed by atoms with Crippen molar-refractivity contribution in [1.82, 2.24) is 0 Å². The van der Waals surface area contributed by atoms with E-state index < -0.39 is 0 Å². The van der Waals surface area contributed by atoms with Crippen LogP contribution in [0.2, 0.25) is 0 Å². The molecule has 2 amide bonds. The van der Waals surface area contributed by atoms with Gasteiger partial charge in [0, 0.05) is 10.6 Å². The lowest BCUT2D eigenvalue weighted by molar-refractivity contribution is -0.892. The molecule has 0 aromatic heterocycles. The normalized spacial score (nSPS) is 14.7. The van der Waals surface area contributed by atoms with Crippen LogP contribution in [0.3, 0.4) is 0 Å². The van der Waals surface area contributed by atoms with Gasteiger partial charge >= 0.3 is 0 Å². The highest BCUT2D eigenvalue weighted by Crippen LogP contribution is 2.26. The number of carbonyl (C=O) groups is 2. The third kappa shape index (κ3) is 5.74. The van der Waals surface area contributed by atoms with Gasteiger partial charge in [0.25, 0.3) is 5.91 Å². The first-order valence-corrected chi connectivity index (χ1v) is 10.0. The summed E-state index contributed by atoms with van der Waals surface area (Å²) < 4.78 is 0. The summed E-state index contributed by atoms with van der Waals surface area (Å²) in [6.07, 6.45) is 0. The van der Waals surface area contributed by atoms with Crippen molar-refractivity contribution in [2.45, 2.75) is 4.90 Å². The Labute approximate surface area is 163 Å². The van der Waals surface area contributed by atoms with Gasteiger partial charge in [-0.2, -0.15) is 0 Å². The maximum atomic E-state index is 12.5. The van der Waals surface area contributed by atoms with E-state index >= 15 is 0 Å². The Morgan fingerprint density at radius 2 is 1.70 bits per heavy atom. The number of hydrogen-bond donors (Lipinski definition) is 3. The quantitative estimate of drug-likeness (QED) is 0.610. The fourth-order valence-electron chi connectivity index (χ4n) is 3.16. The van der Waals surface area contributed by atoms with Crippen LogP contribution < -0.4 is 20.9 Å². The van der Waals surface area contributed by atoms with Crippen molar-refractivity contribution in [3.05, 3.63) is 54.6 Å². The highest BCUT2D eigenvalue weighted by Gasteiger charge is 2.22. The third-order valence-electron chi connectivity index (χ3n) is 4.53. The molecule has 0 saturated carbocycles. The van der Waals surface area contributed by atoms with Crippen LogP contribution >= 0.6 is 11.8 Å². The summed E-state index contributed by atoms with van der Waals surface area (Å²) in [6.45, 7) is 4.19. The Morgan fingerprint density at radius 1 is 1.04 bits per heavy atom. The second-order valence-corrected chi connectivity index (χ2v) is 7.57. The molecular formula is C20H25N4O2S+. The Hall–Kier alpha value is -2.51. The number of quaternary nitrogens is 1. The number of carbonyl (C=O) groups excluding carboxylic acids is 2. The molecule has 0 unspecified atom stereocenters. The van der Waals surface area contributed by atoms with Gasteiger partial charge < -0.3 is 20.9 Å². The molecule has 1 saturated heterocycles. The van der Waals surface area contributed by atoms with E-state index in [4.69, 9.17) is 5.73 Å². The van der Waals surface area contributed by atoms with E-state index in [1.807, 2.05) is 30.3 Å². The molecule has 3 rings (SSSR count). The predicted octanol–water partition coefficient (Wildman–Crippen LogP) is 0.608. The van der Waals surface area contributed by atoms with Crippen molar-refractivity contribution in [1.29, 1.82) is 0 Å². The lowest BCUT2D eigenvalue weighted by Gasteiger charge is -2.33. The highest BCUT2D eigenvalue weighted by molar-refractivity contribution is 8.00. The van der Waals surface area contributed by atoms with E-state index in [1.165, 1.54) is 22.3 Å². The van der Waals surface area contributed by atoms with Crippen LogP contribution in [-0.4, -0.2) is 50.3 Å². The molecule has 142 valence electrons. The number of rotatable bonds is 7. The number of piperazine rings is 1. The zero-order valence-corrected chi connectivity index (χ0v) is 16.0. The van der Waals surface area contributed by atoms with Gasteiger partial charge in [-0.25, -0.2) is 0 Å². The topological polar surface area (TPSA) is 79.9 Å². The predicted molar refractivity (Wildman–Crippen MR) is 109 cm³/mol. The summed E-state index contributed by atoms with van der Waals surface area (Å²) in [6, 6.07) is 17.9. The summed E-state index contributed by atoms with van der Waals surface area (Å²) >= 11 is 1.34. The van der Waals surface area contributed by atoms with E-state index in [2.05, 4.69) is 34.5 Å². The summed E-state index contributed by atoms with van der Waals surface area (Å²) in [5.41, 5.74) is 7.18. The summed E-state index contributed by atoms with van der Waals surface area (Å²) in [5, 5.41) is 2.98. The van der Waals surface area contributed by atoms with Gasteiger partial charge in [0.2, 0.25) is 5.91 Å². The monoisotopic (exact) mass is 385 g/mol. The third-order valence-corrected chi connectivity index (χ3v) is 5.63. The Morgan fingerprint density at radius 3 is 2.41 bits per heavy atom. The average Bonchev–Trinajstić information content (AvgIpc) is 2.68. The van der Waals surface area contributed by atoms with Crippen molar-refractivity contribution >= 4 is 35.0 Å². The van der Waals surface area contributed by atoms with Gasteiger partial charge in [-0.3, -0.25) is 9.59 Å². The van der Waals surface area contributed by atoms with Crippen molar-refractivity contribution in [2.24, 2.45) is 5.73 Å². The molecule has 6 nitrogen and oxygen atoms in total. The van der Waals surface area contributed by atoms with E-state index in [9.17, 15) is 9.59 Å². The van der Waals surface area contributed by atoms with E-state index in [0.717, 1.165) is 36.8 Å². The first-order chi connectivity index (χ1) is 13.1. The molecule has 0 spiro atoms. The molecule has 4 N–H and O–H groups in total. The van der Waals surface area contributed by atoms with Crippen molar-refractivity contribution in [3.8, 4) is 0 Å². The molecule has 2 aromatic rings. The maximum absolute atomic E-state index is 12.5. The molecule has 2 aromatic carbocycles. The summed E-state index contributed by atoms with van der Waals surface area (Å²) in [5.74, 6) is -0.188. The number of anilines is 2. The highest BCUT2D eigenvalue weighted by atomic mass is 32.2. The van der Waals surface area contributed by atoms with Crippen molar-refractivity contribution < 1.29 is 14.5 Å². The van der Waals surface area contributed by atoms with E-state index in [-0.39, 0.29) is 17.6 Å². The van der Waals surface area contributed by atoms with E-state index in [0.29, 0.717) is 6.54 Å². The summed E-state index contributed by atoms with van der Waals surface area (Å²) in [7, 11) is 0. The van der Waals surface area contributed by atoms with Crippen LogP contribution in [0.25, 0.3) is 0 Å². The van der Waals surface area contributed by atoms with Crippen LogP contribution in [0.5, 0.6) is 0 Å². The smallest absolute Gasteiger partial charge is 0.279 e. The first-order valence-electron chi connectivity index (χ1n) is 9.05. The number of benzene rings is 2. The number of nitrogens with one attached hydrogen (secondary N) is 2. The number of primary amides is 1. The van der Waals surface area contributed by atoms with Gasteiger partial charge in [0.15, 0.2) is 6.54 Å². The minimum absolute atomic E-state index is 0.00899. The molecule has 0 aliphatic carbocycles. The Bertz CT molecular complexity index is 777. The van der Waals surface area contributed by atoms with Crippen LogP contribution in [0.15, 0.2) is 59.5 Å². The molecule has 1 heterocycles. The average molecular weight is 386 g/mol. The first kappa shape index (κ1) is 19.3. The number of nitrogens with zero attached hydrogens (tertiary/aromatic N) is 1. The van der Waals surface area contributed by atoms with Gasteiger partial charge in [-0.05, 0) is 24.3 Å². The fraction of sp³-hybridized carbons (Fsp3) is 0.300. The van der Waals surface area contributed by atoms with Crippen LogP contribution in [0, 0.1) is 0 Å². The second-order valence-electron chi connectivity index (χ2n) is 6.55. The number of hydrogen-bond acceptors (Lipinski definition) is 4. The largest absolute Gasteiger partial charge is 0.369 e. The number of amides is 2. The zero-order valence-electron chi connectivity index (χ0n) is 15.2. The molecule has 0 atom stereocenters. The molecule has 1 fully saturated rings. The van der Waals surface area contributed by atoms with E-state index in [1.54, 1.807) is 0 Å². The molecule has 27 heavy (non-hydrogen) atoms. The van der Waals surface area contributed by atoms with Crippen molar-refractivity contribution in [2.75, 3.05) is 48.7 Å². The molecule has 1 aliphatic rings. The van der Waals surface area contributed by atoms with Gasteiger partial charge in [0.1, 0.15) is 0 Å². The Balaban J connectivity index is 1.50. The van der Waals surface area contributed by atoms with Gasteiger partial charge in [-0.15, -0.1) is 11.8 Å². The fourth-order valence-corrected chi connectivity index (χ4v) is 3.91. The molecular weight excluding hydrogens is 360 g/mol. The lowest BCUT2D eigenvalue weighted by atomic mass is 10.2. The molecule has 0 bridgehead atoms. The molecule has 0 radical (unpaired) electrons. The Kier molecular flexibility index (Phi) is 6.73. The minimum atomic E-state index is -0.373. The van der Waals surface area contributed by atoms with Gasteiger partial charge in [0.05, 0.1) is 37.6 Å². The van der Waals surface area contributed by atoms with Crippen LogP contribution in [-0.2, 0) is 9.59 Å². The van der Waals surface area contributed by atoms with Crippen LogP contribution in [0.4, 0.5) is 11.4 Å². The SMILES string of the molecule is NC(=O)CSc1ccccc1NC(=O)C[NH+]1CCN(c2ccccc2)CC1. The second kappa shape index (κ2) is 9.43. The zero-order chi connectivity index (χ0) is 19.1. The lowest BCUT2D eigenvalue weighted by Crippen LogP contribution is -3.15. The number of para-hydroxylation sites is 2. The maximum Gasteiger partial charge on any atom is 0.279 e.